The molecule has 8 heteroatoms. The van der Waals surface area contributed by atoms with Crippen molar-refractivity contribution in [1.29, 1.82) is 0 Å². The van der Waals surface area contributed by atoms with Gasteiger partial charge in [-0.25, -0.2) is 0 Å². The molecule has 0 aromatic heterocycles. The van der Waals surface area contributed by atoms with Crippen LogP contribution in [0.2, 0.25) is 0 Å². The summed E-state index contributed by atoms with van der Waals surface area (Å²) in [4.78, 5) is 11.5. The average Bonchev–Trinajstić information content (AvgIpc) is 2.50. The molecule has 1 rings (SSSR count). The third-order valence-electron chi connectivity index (χ3n) is 2.93. The Labute approximate surface area is 158 Å². The first-order valence-corrected chi connectivity index (χ1v) is 9.14. The molecule has 0 unspecified atom stereocenters. The van der Waals surface area contributed by atoms with E-state index in [0.29, 0.717) is 6.42 Å². The maximum atomic E-state index is 11.5. The molecule has 1 N–H and O–H groups in total. The van der Waals surface area contributed by atoms with Crippen LogP contribution in [0, 0.1) is 0 Å². The van der Waals surface area contributed by atoms with Gasteiger partial charge in [0.2, 0.25) is 0 Å². The molecule has 0 heterocycles. The maximum absolute atomic E-state index is 11.5. The summed E-state index contributed by atoms with van der Waals surface area (Å²) in [6.45, 7) is -0.0516. The van der Waals surface area contributed by atoms with Crippen molar-refractivity contribution in [3.8, 4) is 0 Å². The minimum atomic E-state index is -2.00. The van der Waals surface area contributed by atoms with E-state index in [1.54, 1.807) is 7.11 Å². The van der Waals surface area contributed by atoms with Gasteiger partial charge in [-0.3, -0.25) is 4.79 Å². The van der Waals surface area contributed by atoms with Gasteiger partial charge in [-0.15, -0.1) is 0 Å². The number of amides is 1. The molecule has 22 heavy (non-hydrogen) atoms. The van der Waals surface area contributed by atoms with Gasteiger partial charge in [0.1, 0.15) is 6.73 Å². The van der Waals surface area contributed by atoms with Gasteiger partial charge in [-0.1, -0.05) is 87.7 Å². The van der Waals surface area contributed by atoms with Gasteiger partial charge >= 0.3 is 0 Å². The van der Waals surface area contributed by atoms with Crippen molar-refractivity contribution in [2.45, 2.75) is 22.4 Å². The number of hydrogen-bond donors (Lipinski definition) is 1. The minimum Gasteiger partial charge on any atom is -0.381 e. The Morgan fingerprint density at radius 2 is 1.95 bits per heavy atom. The van der Waals surface area contributed by atoms with Crippen LogP contribution >= 0.6 is 57.4 Å². The number of ether oxygens (including phenoxy) is 2. The average molecular weight is 481 g/mol. The van der Waals surface area contributed by atoms with Crippen molar-refractivity contribution in [1.82, 2.24) is 5.32 Å². The molecule has 0 aliphatic rings. The van der Waals surface area contributed by atoms with Gasteiger partial charge in [0.05, 0.1) is 12.2 Å². The SMILES string of the molecule is CO[C@@H](CI)C[C@H](OCNC(=O)C(Cl)(Cl)Cl)c1ccccc1. The van der Waals surface area contributed by atoms with E-state index in [2.05, 4.69) is 27.9 Å². The fraction of sp³-hybridized carbons (Fsp3) is 0.500. The van der Waals surface area contributed by atoms with Crippen molar-refractivity contribution >= 4 is 63.3 Å². The summed E-state index contributed by atoms with van der Waals surface area (Å²) in [7, 11) is 1.66. The first-order chi connectivity index (χ1) is 10.4. The normalized spacial score (nSPS) is 14.4. The number of nitrogens with one attached hydrogen (secondary N) is 1. The number of carbonyl (C=O) groups is 1. The topological polar surface area (TPSA) is 47.6 Å². The Morgan fingerprint density at radius 1 is 1.32 bits per heavy atom. The molecule has 0 radical (unpaired) electrons. The van der Waals surface area contributed by atoms with Gasteiger partial charge < -0.3 is 14.8 Å². The summed E-state index contributed by atoms with van der Waals surface area (Å²) in [5.74, 6) is -0.721. The summed E-state index contributed by atoms with van der Waals surface area (Å²) < 4.78 is 9.97. The maximum Gasteiger partial charge on any atom is 0.273 e. The van der Waals surface area contributed by atoms with Gasteiger partial charge in [0, 0.05) is 18.0 Å². The van der Waals surface area contributed by atoms with Crippen molar-refractivity contribution in [2.24, 2.45) is 0 Å². The molecule has 0 spiro atoms. The van der Waals surface area contributed by atoms with Gasteiger partial charge in [-0.2, -0.15) is 0 Å². The van der Waals surface area contributed by atoms with Gasteiger partial charge in [0.25, 0.3) is 9.70 Å². The van der Waals surface area contributed by atoms with Crippen molar-refractivity contribution < 1.29 is 14.3 Å². The summed E-state index contributed by atoms with van der Waals surface area (Å²) in [6, 6.07) is 9.70. The van der Waals surface area contributed by atoms with Crippen LogP contribution in [0.15, 0.2) is 30.3 Å². The second kappa shape index (κ2) is 10.2. The third kappa shape index (κ3) is 7.19. The van der Waals surface area contributed by atoms with Crippen LogP contribution in [0.3, 0.4) is 0 Å². The summed E-state index contributed by atoms with van der Waals surface area (Å²) in [5.41, 5.74) is 0.998. The Kier molecular flexibility index (Phi) is 9.35. The van der Waals surface area contributed by atoms with Crippen LogP contribution in [0.4, 0.5) is 0 Å². The number of methoxy groups -OCH3 is 1. The van der Waals surface area contributed by atoms with E-state index in [-0.39, 0.29) is 18.9 Å². The Bertz CT molecular complexity index is 452. The zero-order valence-electron chi connectivity index (χ0n) is 11.9. The predicted molar refractivity (Wildman–Crippen MR) is 97.9 cm³/mol. The van der Waals surface area contributed by atoms with Crippen LogP contribution in [0.5, 0.6) is 0 Å². The lowest BCUT2D eigenvalue weighted by atomic mass is 10.0. The van der Waals surface area contributed by atoms with E-state index in [9.17, 15) is 4.79 Å². The summed E-state index contributed by atoms with van der Waals surface area (Å²) in [6.07, 6.45) is 0.485. The van der Waals surface area contributed by atoms with E-state index in [4.69, 9.17) is 44.3 Å². The molecule has 0 saturated heterocycles. The molecular formula is C14H17Cl3INO3. The molecule has 4 nitrogen and oxygen atoms in total. The number of benzene rings is 1. The molecule has 1 aromatic rings. The van der Waals surface area contributed by atoms with E-state index in [1.807, 2.05) is 30.3 Å². The third-order valence-corrected chi connectivity index (χ3v) is 4.43. The highest BCUT2D eigenvalue weighted by Gasteiger charge is 2.30. The quantitative estimate of drug-likeness (QED) is 0.347. The van der Waals surface area contributed by atoms with Crippen molar-refractivity contribution in [2.75, 3.05) is 18.3 Å². The van der Waals surface area contributed by atoms with Crippen LogP contribution in [-0.4, -0.2) is 34.1 Å². The van der Waals surface area contributed by atoms with Gasteiger partial charge in [0.15, 0.2) is 0 Å². The minimum absolute atomic E-state index is 0.0506. The number of carbonyl (C=O) groups excluding carboxylic acids is 1. The van der Waals surface area contributed by atoms with E-state index < -0.39 is 9.70 Å². The number of rotatable bonds is 8. The molecule has 0 saturated carbocycles. The van der Waals surface area contributed by atoms with Crippen LogP contribution in [0.25, 0.3) is 0 Å². The first kappa shape index (κ1) is 20.3. The molecule has 0 bridgehead atoms. The molecule has 0 fully saturated rings. The largest absolute Gasteiger partial charge is 0.381 e. The van der Waals surface area contributed by atoms with E-state index in [1.165, 1.54) is 0 Å². The van der Waals surface area contributed by atoms with Crippen molar-refractivity contribution in [3.63, 3.8) is 0 Å². The highest BCUT2D eigenvalue weighted by atomic mass is 127. The van der Waals surface area contributed by atoms with E-state index >= 15 is 0 Å². The number of hydrogen-bond acceptors (Lipinski definition) is 3. The molecule has 0 aliphatic heterocycles. The second-order valence-electron chi connectivity index (χ2n) is 4.46. The van der Waals surface area contributed by atoms with Crippen LogP contribution in [-0.2, 0) is 14.3 Å². The Hall–Kier alpha value is 0.210. The highest BCUT2D eigenvalue weighted by molar-refractivity contribution is 14.1. The zero-order chi connectivity index (χ0) is 16.6. The number of halogens is 4. The molecule has 0 aliphatic carbocycles. The lowest BCUT2D eigenvalue weighted by Crippen LogP contribution is -2.36. The molecule has 124 valence electrons. The predicted octanol–water partition coefficient (Wildman–Crippen LogP) is 4.03. The first-order valence-electron chi connectivity index (χ1n) is 6.48. The molecule has 2 atom stereocenters. The lowest BCUT2D eigenvalue weighted by molar-refractivity contribution is -0.123. The smallest absolute Gasteiger partial charge is 0.273 e. The van der Waals surface area contributed by atoms with Gasteiger partial charge in [-0.05, 0) is 5.56 Å². The van der Waals surface area contributed by atoms with E-state index in [0.717, 1.165) is 9.99 Å². The monoisotopic (exact) mass is 479 g/mol. The standard InChI is InChI=1S/C14H17Cl3INO3/c1-21-11(8-18)7-12(10-5-3-2-4-6-10)22-9-19-13(20)14(15,16)17/h2-6,11-12H,7-9H2,1H3,(H,19,20)/t11-,12+/m1/s1. The second-order valence-corrected chi connectivity index (χ2v) is 7.62. The lowest BCUT2D eigenvalue weighted by Gasteiger charge is -2.23. The van der Waals surface area contributed by atoms with Crippen LogP contribution < -0.4 is 5.32 Å². The number of alkyl halides is 4. The Balaban J connectivity index is 2.65. The Morgan fingerprint density at radius 3 is 2.45 bits per heavy atom. The van der Waals surface area contributed by atoms with Crippen molar-refractivity contribution in [3.05, 3.63) is 35.9 Å². The summed E-state index contributed by atoms with van der Waals surface area (Å²) >= 11 is 18.7. The molecule has 1 amide bonds. The summed E-state index contributed by atoms with van der Waals surface area (Å²) in [5, 5.41) is 2.43. The fourth-order valence-electron chi connectivity index (χ4n) is 1.74. The molecule has 1 aromatic carbocycles. The zero-order valence-corrected chi connectivity index (χ0v) is 16.3. The fourth-order valence-corrected chi connectivity index (χ4v) is 2.66. The highest BCUT2D eigenvalue weighted by Crippen LogP contribution is 2.27. The molecular weight excluding hydrogens is 463 g/mol. The van der Waals surface area contributed by atoms with Crippen LogP contribution in [0.1, 0.15) is 18.1 Å².